The maximum atomic E-state index is 12.6. The molecule has 0 radical (unpaired) electrons. The molecule has 3 aromatic rings. The Hall–Kier alpha value is -2.84. The van der Waals surface area contributed by atoms with Gasteiger partial charge in [-0.1, -0.05) is 56.3 Å². The molecule has 2 heterocycles. The van der Waals surface area contributed by atoms with Gasteiger partial charge >= 0.3 is 0 Å². The third kappa shape index (κ3) is 5.14. The minimum Gasteiger partial charge on any atom is -0.486 e. The van der Waals surface area contributed by atoms with Crippen molar-refractivity contribution >= 4 is 40.9 Å². The second-order valence-corrected chi connectivity index (χ2v) is 10.1. The Morgan fingerprint density at radius 3 is 2.47 bits per heavy atom. The summed E-state index contributed by atoms with van der Waals surface area (Å²) in [6, 6.07) is 14.7. The summed E-state index contributed by atoms with van der Waals surface area (Å²) >= 11 is 7.09. The number of halogens is 1. The SMILES string of the molecule is CC(C)(C)c1ccc(OCc2nc3n(n2)C(=O)C(CC(=O)Nc2ccc(Cl)cc2)S3)cc1. The van der Waals surface area contributed by atoms with Gasteiger partial charge in [-0.25, -0.2) is 4.98 Å². The predicted octanol–water partition coefficient (Wildman–Crippen LogP) is 4.95. The summed E-state index contributed by atoms with van der Waals surface area (Å²) in [5.41, 5.74) is 1.92. The zero-order valence-corrected chi connectivity index (χ0v) is 19.5. The van der Waals surface area contributed by atoms with E-state index in [9.17, 15) is 9.59 Å². The van der Waals surface area contributed by atoms with Crippen molar-refractivity contribution in [2.45, 2.75) is 49.6 Å². The van der Waals surface area contributed by atoms with Crippen LogP contribution in [0.3, 0.4) is 0 Å². The van der Waals surface area contributed by atoms with Crippen LogP contribution in [0.1, 0.15) is 43.4 Å². The second kappa shape index (κ2) is 8.96. The molecule has 1 unspecified atom stereocenters. The van der Waals surface area contributed by atoms with Crippen LogP contribution in [0.5, 0.6) is 5.75 Å². The van der Waals surface area contributed by atoms with Crippen LogP contribution in [0.4, 0.5) is 5.69 Å². The van der Waals surface area contributed by atoms with Crippen molar-refractivity contribution in [3.05, 3.63) is 64.9 Å². The summed E-state index contributed by atoms with van der Waals surface area (Å²) in [4.78, 5) is 29.3. The maximum absolute atomic E-state index is 12.6. The Morgan fingerprint density at radius 1 is 1.16 bits per heavy atom. The summed E-state index contributed by atoms with van der Waals surface area (Å²) in [6.45, 7) is 6.62. The molecule has 1 aromatic heterocycles. The molecular formula is C23H23ClN4O3S. The zero-order chi connectivity index (χ0) is 22.9. The number of amides is 1. The van der Waals surface area contributed by atoms with Gasteiger partial charge in [0, 0.05) is 17.1 Å². The molecule has 1 amide bonds. The summed E-state index contributed by atoms with van der Waals surface area (Å²) in [5.74, 6) is 0.615. The van der Waals surface area contributed by atoms with Gasteiger partial charge < -0.3 is 10.1 Å². The molecule has 0 fully saturated rings. The number of rotatable bonds is 6. The van der Waals surface area contributed by atoms with Gasteiger partial charge in [-0.15, -0.1) is 5.10 Å². The first-order valence-electron chi connectivity index (χ1n) is 10.1. The van der Waals surface area contributed by atoms with Crippen molar-refractivity contribution in [2.75, 3.05) is 5.32 Å². The highest BCUT2D eigenvalue weighted by Crippen LogP contribution is 2.32. The topological polar surface area (TPSA) is 86.1 Å². The lowest BCUT2D eigenvalue weighted by Gasteiger charge is -2.19. The molecule has 1 N–H and O–H groups in total. The monoisotopic (exact) mass is 470 g/mol. The Morgan fingerprint density at radius 2 is 1.84 bits per heavy atom. The van der Waals surface area contributed by atoms with Crippen molar-refractivity contribution in [2.24, 2.45) is 0 Å². The number of hydrogen-bond acceptors (Lipinski definition) is 6. The Bertz CT molecular complexity index is 1140. The van der Waals surface area contributed by atoms with Crippen LogP contribution < -0.4 is 10.1 Å². The third-order valence-corrected chi connectivity index (χ3v) is 6.32. The highest BCUT2D eigenvalue weighted by Gasteiger charge is 2.36. The van der Waals surface area contributed by atoms with E-state index < -0.39 is 5.25 Å². The quantitative estimate of drug-likeness (QED) is 0.548. The molecule has 1 aliphatic heterocycles. The zero-order valence-electron chi connectivity index (χ0n) is 18.0. The van der Waals surface area contributed by atoms with Crippen LogP contribution in [0.2, 0.25) is 5.02 Å². The molecule has 7 nitrogen and oxygen atoms in total. The molecule has 0 aliphatic carbocycles. The van der Waals surface area contributed by atoms with Crippen LogP contribution in [0.15, 0.2) is 53.7 Å². The van der Waals surface area contributed by atoms with E-state index in [0.717, 1.165) is 0 Å². The molecule has 4 rings (SSSR count). The average molecular weight is 471 g/mol. The molecular weight excluding hydrogens is 448 g/mol. The van der Waals surface area contributed by atoms with Crippen molar-refractivity contribution in [3.8, 4) is 5.75 Å². The van der Waals surface area contributed by atoms with E-state index in [1.807, 2.05) is 24.3 Å². The van der Waals surface area contributed by atoms with Gasteiger partial charge in [-0.05, 0) is 47.4 Å². The Kier molecular flexibility index (Phi) is 6.26. The van der Waals surface area contributed by atoms with Gasteiger partial charge in [-0.3, -0.25) is 9.59 Å². The first-order valence-corrected chi connectivity index (χ1v) is 11.4. The Balaban J connectivity index is 1.31. The number of carbonyl (C=O) groups excluding carboxylic acids is 2. The number of fused-ring (bicyclic) bond motifs is 1. The van der Waals surface area contributed by atoms with E-state index in [1.54, 1.807) is 24.3 Å². The molecule has 1 aliphatic rings. The number of nitrogens with zero attached hydrogens (tertiary/aromatic N) is 3. The molecule has 0 saturated heterocycles. The number of hydrogen-bond donors (Lipinski definition) is 1. The molecule has 9 heteroatoms. The van der Waals surface area contributed by atoms with Crippen LogP contribution in [-0.2, 0) is 16.8 Å². The van der Waals surface area contributed by atoms with E-state index in [-0.39, 0.29) is 30.3 Å². The largest absolute Gasteiger partial charge is 0.486 e. The van der Waals surface area contributed by atoms with Crippen LogP contribution in [0, 0.1) is 0 Å². The number of ether oxygens (including phenoxy) is 1. The van der Waals surface area contributed by atoms with Gasteiger partial charge in [-0.2, -0.15) is 4.68 Å². The van der Waals surface area contributed by atoms with E-state index in [0.29, 0.717) is 27.4 Å². The van der Waals surface area contributed by atoms with Crippen molar-refractivity contribution in [3.63, 3.8) is 0 Å². The average Bonchev–Trinajstić information content (AvgIpc) is 3.27. The van der Waals surface area contributed by atoms with E-state index in [4.69, 9.17) is 16.3 Å². The fourth-order valence-corrected chi connectivity index (χ4v) is 4.38. The molecule has 0 saturated carbocycles. The lowest BCUT2D eigenvalue weighted by atomic mass is 9.87. The number of carbonyl (C=O) groups is 2. The van der Waals surface area contributed by atoms with E-state index in [1.165, 1.54) is 22.0 Å². The van der Waals surface area contributed by atoms with Gasteiger partial charge in [0.2, 0.25) is 5.91 Å². The van der Waals surface area contributed by atoms with E-state index >= 15 is 0 Å². The number of benzene rings is 2. The first kappa shape index (κ1) is 22.4. The minimum atomic E-state index is -0.558. The molecule has 0 spiro atoms. The van der Waals surface area contributed by atoms with Crippen molar-refractivity contribution in [1.82, 2.24) is 14.8 Å². The molecule has 1 atom stereocenters. The van der Waals surface area contributed by atoms with Gasteiger partial charge in [0.1, 0.15) is 17.6 Å². The van der Waals surface area contributed by atoms with Crippen LogP contribution in [0.25, 0.3) is 0 Å². The lowest BCUT2D eigenvalue weighted by Crippen LogP contribution is -2.25. The Labute approximate surface area is 195 Å². The minimum absolute atomic E-state index is 0.0309. The van der Waals surface area contributed by atoms with Gasteiger partial charge in [0.15, 0.2) is 11.0 Å². The standard InChI is InChI=1S/C23H23ClN4O3S/c1-23(2,3)14-4-10-17(11-5-14)31-13-19-26-22-28(27-19)21(30)18(32-22)12-20(29)25-16-8-6-15(24)7-9-16/h4-11,18H,12-13H2,1-3H3,(H,25,29). The molecule has 2 aromatic carbocycles. The smallest absolute Gasteiger partial charge is 0.263 e. The third-order valence-electron chi connectivity index (χ3n) is 4.94. The number of nitrogens with one attached hydrogen (secondary N) is 1. The lowest BCUT2D eigenvalue weighted by molar-refractivity contribution is -0.116. The highest BCUT2D eigenvalue weighted by atomic mass is 35.5. The van der Waals surface area contributed by atoms with Crippen molar-refractivity contribution < 1.29 is 14.3 Å². The number of aromatic nitrogens is 3. The number of anilines is 1. The summed E-state index contributed by atoms with van der Waals surface area (Å²) in [7, 11) is 0. The number of thioether (sulfide) groups is 1. The normalized spacial score (nSPS) is 15.5. The fraction of sp³-hybridized carbons (Fsp3) is 0.304. The predicted molar refractivity (Wildman–Crippen MR) is 124 cm³/mol. The fourth-order valence-electron chi connectivity index (χ4n) is 3.17. The van der Waals surface area contributed by atoms with Gasteiger partial charge in [0.25, 0.3) is 5.91 Å². The summed E-state index contributed by atoms with van der Waals surface area (Å²) in [5, 5.41) is 7.52. The summed E-state index contributed by atoms with van der Waals surface area (Å²) in [6.07, 6.45) is 0.0309. The van der Waals surface area contributed by atoms with Crippen molar-refractivity contribution in [1.29, 1.82) is 0 Å². The molecule has 32 heavy (non-hydrogen) atoms. The van der Waals surface area contributed by atoms with Crippen LogP contribution in [-0.4, -0.2) is 31.8 Å². The highest BCUT2D eigenvalue weighted by molar-refractivity contribution is 8.00. The van der Waals surface area contributed by atoms with Crippen LogP contribution >= 0.6 is 23.4 Å². The maximum Gasteiger partial charge on any atom is 0.263 e. The van der Waals surface area contributed by atoms with Gasteiger partial charge in [0.05, 0.1) is 0 Å². The first-order chi connectivity index (χ1) is 15.2. The molecule has 0 bridgehead atoms. The van der Waals surface area contributed by atoms with E-state index in [2.05, 4.69) is 36.2 Å². The second-order valence-electron chi connectivity index (χ2n) is 8.49. The summed E-state index contributed by atoms with van der Waals surface area (Å²) < 4.78 is 7.02. The molecule has 166 valence electrons.